The first-order valence-electron chi connectivity index (χ1n) is 26.0. The third kappa shape index (κ3) is 6.35. The molecular formula is C67H46N6S2. The van der Waals surface area contributed by atoms with Gasteiger partial charge in [-0.25, -0.2) is 0 Å². The quantitative estimate of drug-likeness (QED) is 0.172. The minimum atomic E-state index is 0.0986. The molecule has 11 aromatic rings. The Morgan fingerprint density at radius 3 is 1.83 bits per heavy atom. The number of nitrogens with zero attached hydrogens (tertiary/aromatic N) is 6. The minimum Gasteiger partial charge on any atom is -0.333 e. The molecule has 0 N–H and O–H groups in total. The maximum Gasteiger partial charge on any atom is 0.0993 e. The van der Waals surface area contributed by atoms with Gasteiger partial charge in [0.2, 0.25) is 0 Å². The van der Waals surface area contributed by atoms with Crippen LogP contribution in [0.4, 0.5) is 17.1 Å². The number of rotatable bonds is 5. The third-order valence-electron chi connectivity index (χ3n) is 16.1. The number of nitriles is 1. The predicted octanol–water partition coefficient (Wildman–Crippen LogP) is 17.6. The van der Waals surface area contributed by atoms with Gasteiger partial charge in [0.15, 0.2) is 0 Å². The second-order valence-electron chi connectivity index (χ2n) is 20.1. The summed E-state index contributed by atoms with van der Waals surface area (Å²) in [4.78, 5) is 10.4. The number of thioether (sulfide) groups is 2. The molecule has 16 rings (SSSR count). The Balaban J connectivity index is 0.972. The molecule has 0 saturated heterocycles. The van der Waals surface area contributed by atoms with E-state index in [1.54, 1.807) is 0 Å². The first-order chi connectivity index (χ1) is 37.2. The molecule has 3 aromatic heterocycles. The lowest BCUT2D eigenvalue weighted by molar-refractivity contribution is 0.730. The highest BCUT2D eigenvalue weighted by molar-refractivity contribution is 8.03. The number of para-hydroxylation sites is 6. The molecule has 356 valence electrons. The van der Waals surface area contributed by atoms with Crippen LogP contribution in [0.5, 0.6) is 0 Å². The number of anilines is 3. The van der Waals surface area contributed by atoms with Gasteiger partial charge in [-0.3, -0.25) is 0 Å². The number of allylic oxidation sites excluding steroid dienone is 6. The molecule has 0 amide bonds. The van der Waals surface area contributed by atoms with Gasteiger partial charge in [-0.05, 0) is 129 Å². The van der Waals surface area contributed by atoms with Gasteiger partial charge in [-0.1, -0.05) is 145 Å². The SMILES string of the molecule is N#Cc1cc(-n2c3c(c4ccccc42)CC(N2C4=C(CCC=C4)Sc4ccccc42)C=C3)c(-n2c3ccccc3c3ccccc32)c(-n2c3ccccc3c3cc(N4C5=C(C=CCC5)Sc5ccccc54)ccc32)c1. The van der Waals surface area contributed by atoms with Gasteiger partial charge in [0.1, 0.15) is 0 Å². The smallest absolute Gasteiger partial charge is 0.0993 e. The molecular weight excluding hydrogens is 953 g/mol. The van der Waals surface area contributed by atoms with Gasteiger partial charge < -0.3 is 23.5 Å². The summed E-state index contributed by atoms with van der Waals surface area (Å²) >= 11 is 3.81. The topological polar surface area (TPSA) is 45.1 Å². The van der Waals surface area contributed by atoms with Crippen molar-refractivity contribution in [1.82, 2.24) is 13.7 Å². The van der Waals surface area contributed by atoms with Gasteiger partial charge in [0.25, 0.3) is 0 Å². The number of aromatic nitrogens is 3. The summed E-state index contributed by atoms with van der Waals surface area (Å²) < 4.78 is 7.37. The van der Waals surface area contributed by atoms with Crippen LogP contribution in [-0.4, -0.2) is 19.7 Å². The normalized spacial score (nSPS) is 16.8. The fraction of sp³-hybridized carbons (Fsp3) is 0.0896. The van der Waals surface area contributed by atoms with Crippen molar-refractivity contribution in [3.8, 4) is 23.1 Å². The lowest BCUT2D eigenvalue weighted by Crippen LogP contribution is -2.38. The summed E-state index contributed by atoms with van der Waals surface area (Å²) in [7, 11) is 0. The van der Waals surface area contributed by atoms with E-state index in [1.807, 2.05) is 23.5 Å². The van der Waals surface area contributed by atoms with Crippen molar-refractivity contribution in [2.75, 3.05) is 9.80 Å². The van der Waals surface area contributed by atoms with Crippen LogP contribution in [-0.2, 0) is 6.42 Å². The highest BCUT2D eigenvalue weighted by Gasteiger charge is 2.35. The Morgan fingerprint density at radius 2 is 1.08 bits per heavy atom. The molecule has 5 aliphatic rings. The lowest BCUT2D eigenvalue weighted by atomic mass is 9.94. The molecule has 6 nitrogen and oxygen atoms in total. The second-order valence-corrected chi connectivity index (χ2v) is 22.3. The van der Waals surface area contributed by atoms with Gasteiger partial charge in [0.05, 0.1) is 79.4 Å². The van der Waals surface area contributed by atoms with E-state index < -0.39 is 0 Å². The summed E-state index contributed by atoms with van der Waals surface area (Å²) in [5.74, 6) is 0. The molecule has 2 aliphatic heterocycles. The summed E-state index contributed by atoms with van der Waals surface area (Å²) in [6.07, 6.45) is 19.0. The molecule has 0 spiro atoms. The molecule has 3 aliphatic carbocycles. The molecule has 0 radical (unpaired) electrons. The summed E-state index contributed by atoms with van der Waals surface area (Å²) in [5, 5.41) is 17.2. The average molecular weight is 999 g/mol. The van der Waals surface area contributed by atoms with Gasteiger partial charge in [-0.15, -0.1) is 0 Å². The van der Waals surface area contributed by atoms with Gasteiger partial charge >= 0.3 is 0 Å². The van der Waals surface area contributed by atoms with Crippen LogP contribution in [0.2, 0.25) is 0 Å². The van der Waals surface area contributed by atoms with Crippen LogP contribution in [0, 0.1) is 11.3 Å². The molecule has 1 atom stereocenters. The van der Waals surface area contributed by atoms with Crippen molar-refractivity contribution in [3.05, 3.63) is 244 Å². The molecule has 75 heavy (non-hydrogen) atoms. The summed E-state index contributed by atoms with van der Waals surface area (Å²) in [5.41, 5.74) is 17.7. The zero-order valence-electron chi connectivity index (χ0n) is 40.8. The fourth-order valence-electron chi connectivity index (χ4n) is 12.9. The van der Waals surface area contributed by atoms with E-state index >= 15 is 0 Å². The van der Waals surface area contributed by atoms with Crippen molar-refractivity contribution >= 4 is 101 Å². The molecule has 8 heteroatoms. The van der Waals surface area contributed by atoms with Crippen LogP contribution in [0.3, 0.4) is 0 Å². The van der Waals surface area contributed by atoms with Crippen LogP contribution in [0.15, 0.2) is 237 Å². The number of fused-ring (bicyclic) bond motifs is 11. The Morgan fingerprint density at radius 1 is 0.493 bits per heavy atom. The fourth-order valence-corrected chi connectivity index (χ4v) is 15.2. The Hall–Kier alpha value is -8.61. The summed E-state index contributed by atoms with van der Waals surface area (Å²) in [6.45, 7) is 0. The standard InChI is InChI=1S/C67H46N6S2/c68-41-42-37-61(71-51-21-5-3-19-47(51)49-39-43(33-35-55(49)71)69-57-25-9-13-29-63(57)74-64-30-14-10-26-58(64)69)67(73-53-23-7-1-17-45(53)46-18-2-8-24-54(46)73)62(38-42)72-52-22-6-4-20-48(52)50-40-44(34-36-56(50)72)70-59-27-11-15-31-65(59)75-66-32-16-12-28-60(66)70/h1-11,13,15-27,29,31-38,40,43H,12,14,28,30,39H2. The zero-order valence-corrected chi connectivity index (χ0v) is 42.5. The number of hydrogen-bond donors (Lipinski definition) is 0. The summed E-state index contributed by atoms with van der Waals surface area (Å²) in [6, 6.07) is 67.1. The van der Waals surface area contributed by atoms with E-state index in [4.69, 9.17) is 0 Å². The van der Waals surface area contributed by atoms with Crippen LogP contribution >= 0.6 is 23.5 Å². The van der Waals surface area contributed by atoms with Crippen LogP contribution in [0.1, 0.15) is 42.5 Å². The van der Waals surface area contributed by atoms with Gasteiger partial charge in [-0.2, -0.15) is 5.26 Å². The maximum absolute atomic E-state index is 11.3. The van der Waals surface area contributed by atoms with Crippen LogP contribution < -0.4 is 9.80 Å². The molecule has 0 bridgehead atoms. The Kier molecular flexibility index (Phi) is 9.55. The highest BCUT2D eigenvalue weighted by atomic mass is 32.2. The Bertz CT molecular complexity index is 4450. The van der Waals surface area contributed by atoms with E-state index in [0.717, 1.165) is 98.9 Å². The van der Waals surface area contributed by atoms with E-state index in [0.29, 0.717) is 5.56 Å². The minimum absolute atomic E-state index is 0.0986. The molecule has 5 heterocycles. The van der Waals surface area contributed by atoms with E-state index in [1.165, 1.54) is 64.1 Å². The highest BCUT2D eigenvalue weighted by Crippen LogP contribution is 2.52. The van der Waals surface area contributed by atoms with Crippen molar-refractivity contribution in [2.45, 2.75) is 47.9 Å². The van der Waals surface area contributed by atoms with Gasteiger partial charge in [0, 0.05) is 63.6 Å². The monoisotopic (exact) mass is 998 g/mol. The van der Waals surface area contributed by atoms with Crippen LogP contribution in [0.25, 0.3) is 77.7 Å². The van der Waals surface area contributed by atoms with Crippen molar-refractivity contribution < 1.29 is 0 Å². The second kappa shape index (κ2) is 16.7. The predicted molar refractivity (Wildman–Crippen MR) is 313 cm³/mol. The van der Waals surface area contributed by atoms with E-state index in [-0.39, 0.29) is 6.04 Å². The molecule has 0 fully saturated rings. The molecule has 0 saturated carbocycles. The van der Waals surface area contributed by atoms with Crippen molar-refractivity contribution in [2.24, 2.45) is 0 Å². The third-order valence-corrected chi connectivity index (χ3v) is 18.4. The van der Waals surface area contributed by atoms with E-state index in [9.17, 15) is 5.26 Å². The largest absolute Gasteiger partial charge is 0.333 e. The van der Waals surface area contributed by atoms with Crippen molar-refractivity contribution in [3.63, 3.8) is 0 Å². The Labute approximate surface area is 442 Å². The number of benzene rings is 8. The molecule has 8 aromatic carbocycles. The maximum atomic E-state index is 11.3. The first-order valence-corrected chi connectivity index (χ1v) is 27.7. The lowest BCUT2D eigenvalue weighted by Gasteiger charge is -2.40. The average Bonchev–Trinajstić information content (AvgIpc) is 4.16. The number of hydrogen-bond acceptors (Lipinski definition) is 5. The first kappa shape index (κ1) is 42.9. The molecule has 1 unspecified atom stereocenters. The zero-order chi connectivity index (χ0) is 49.3. The van der Waals surface area contributed by atoms with E-state index in [2.05, 4.69) is 242 Å². The van der Waals surface area contributed by atoms with Crippen molar-refractivity contribution in [1.29, 1.82) is 5.26 Å².